The van der Waals surface area contributed by atoms with Gasteiger partial charge in [-0.1, -0.05) is 6.92 Å². The molecule has 0 aromatic heterocycles. The third-order valence-corrected chi connectivity index (χ3v) is 3.44. The molecule has 0 radical (unpaired) electrons. The lowest BCUT2D eigenvalue weighted by atomic mass is 9.86. The Morgan fingerprint density at radius 2 is 1.77 bits per heavy atom. The van der Waals surface area contributed by atoms with Crippen LogP contribution in [-0.2, 0) is 4.79 Å². The first-order chi connectivity index (χ1) is 6.16. The molecule has 0 bridgehead atoms. The van der Waals surface area contributed by atoms with E-state index in [4.69, 9.17) is 0 Å². The van der Waals surface area contributed by atoms with Gasteiger partial charge in [-0.15, -0.1) is 0 Å². The number of carbonyl (C=O) groups is 1. The highest BCUT2D eigenvalue weighted by molar-refractivity contribution is 5.79. The van der Waals surface area contributed by atoms with Gasteiger partial charge in [0.15, 0.2) is 0 Å². The van der Waals surface area contributed by atoms with Crippen LogP contribution in [0.5, 0.6) is 0 Å². The molecule has 0 aliphatic heterocycles. The van der Waals surface area contributed by atoms with Crippen molar-refractivity contribution in [2.75, 3.05) is 0 Å². The number of Topliss-reactive ketones (excluding diaryl/α,β-unsaturated/α-hetero) is 1. The fourth-order valence-electron chi connectivity index (χ4n) is 2.23. The average molecular weight is 182 g/mol. The predicted molar refractivity (Wildman–Crippen MR) is 50.3 cm³/mol. The first-order valence-corrected chi connectivity index (χ1v) is 5.41. The maximum Gasteiger partial charge on any atom is 0.135 e. The molecule has 2 saturated carbocycles. The zero-order valence-corrected chi connectivity index (χ0v) is 8.25. The molecule has 0 aromatic rings. The SMILES string of the molecule is CCC(=O)CC(O)(C1CC1)C1CC1. The van der Waals surface area contributed by atoms with Crippen molar-refractivity contribution in [2.24, 2.45) is 11.8 Å². The summed E-state index contributed by atoms with van der Waals surface area (Å²) in [5.74, 6) is 1.10. The maximum atomic E-state index is 11.3. The quantitative estimate of drug-likeness (QED) is 0.705. The van der Waals surface area contributed by atoms with E-state index in [2.05, 4.69) is 0 Å². The van der Waals surface area contributed by atoms with E-state index >= 15 is 0 Å². The van der Waals surface area contributed by atoms with Gasteiger partial charge >= 0.3 is 0 Å². The van der Waals surface area contributed by atoms with E-state index in [1.54, 1.807) is 0 Å². The second-order valence-corrected chi connectivity index (χ2v) is 4.61. The van der Waals surface area contributed by atoms with Crippen molar-refractivity contribution >= 4 is 5.78 Å². The highest BCUT2D eigenvalue weighted by atomic mass is 16.3. The Labute approximate surface area is 79.3 Å². The minimum absolute atomic E-state index is 0.223. The summed E-state index contributed by atoms with van der Waals surface area (Å²) in [7, 11) is 0. The molecular weight excluding hydrogens is 164 g/mol. The summed E-state index contributed by atoms with van der Waals surface area (Å²) in [5.41, 5.74) is -0.604. The fourth-order valence-corrected chi connectivity index (χ4v) is 2.23. The van der Waals surface area contributed by atoms with Gasteiger partial charge in [0.2, 0.25) is 0 Å². The third kappa shape index (κ3) is 1.78. The fraction of sp³-hybridized carbons (Fsp3) is 0.909. The van der Waals surface area contributed by atoms with Crippen LogP contribution in [0.15, 0.2) is 0 Å². The maximum absolute atomic E-state index is 11.3. The molecular formula is C11H18O2. The molecule has 0 amide bonds. The second-order valence-electron chi connectivity index (χ2n) is 4.61. The van der Waals surface area contributed by atoms with Crippen LogP contribution in [0.3, 0.4) is 0 Å². The van der Waals surface area contributed by atoms with Crippen molar-refractivity contribution in [3.8, 4) is 0 Å². The lowest BCUT2D eigenvalue weighted by molar-refractivity contribution is -0.125. The van der Waals surface area contributed by atoms with Crippen molar-refractivity contribution in [3.63, 3.8) is 0 Å². The van der Waals surface area contributed by atoms with Crippen LogP contribution in [-0.4, -0.2) is 16.5 Å². The van der Waals surface area contributed by atoms with Gasteiger partial charge in [0.1, 0.15) is 5.78 Å². The molecule has 2 aliphatic rings. The molecule has 0 aromatic carbocycles. The molecule has 2 nitrogen and oxygen atoms in total. The molecule has 2 heteroatoms. The van der Waals surface area contributed by atoms with E-state index in [0.717, 1.165) is 25.7 Å². The minimum Gasteiger partial charge on any atom is -0.389 e. The molecule has 1 N–H and O–H groups in total. The van der Waals surface area contributed by atoms with Gasteiger partial charge in [0.25, 0.3) is 0 Å². The summed E-state index contributed by atoms with van der Waals surface area (Å²) in [4.78, 5) is 11.3. The highest BCUT2D eigenvalue weighted by Crippen LogP contribution is 2.53. The molecule has 0 heterocycles. The smallest absolute Gasteiger partial charge is 0.135 e. The van der Waals surface area contributed by atoms with Crippen LogP contribution in [0, 0.1) is 11.8 Å². The number of hydrogen-bond acceptors (Lipinski definition) is 2. The van der Waals surface area contributed by atoms with Gasteiger partial charge in [-0.25, -0.2) is 0 Å². The van der Waals surface area contributed by atoms with Crippen LogP contribution in [0.25, 0.3) is 0 Å². The lowest BCUT2D eigenvalue weighted by Crippen LogP contribution is -2.36. The van der Waals surface area contributed by atoms with Crippen LogP contribution < -0.4 is 0 Å². The summed E-state index contributed by atoms with van der Waals surface area (Å²) < 4.78 is 0. The van der Waals surface area contributed by atoms with E-state index in [-0.39, 0.29) is 5.78 Å². The number of rotatable bonds is 5. The number of ketones is 1. The first-order valence-electron chi connectivity index (χ1n) is 5.41. The van der Waals surface area contributed by atoms with E-state index in [9.17, 15) is 9.90 Å². The third-order valence-electron chi connectivity index (χ3n) is 3.44. The zero-order valence-electron chi connectivity index (χ0n) is 8.25. The highest BCUT2D eigenvalue weighted by Gasteiger charge is 2.53. The number of carbonyl (C=O) groups excluding carboxylic acids is 1. The van der Waals surface area contributed by atoms with Crippen LogP contribution in [0.4, 0.5) is 0 Å². The summed E-state index contributed by atoms with van der Waals surface area (Å²) in [6, 6.07) is 0. The molecule has 13 heavy (non-hydrogen) atoms. The Balaban J connectivity index is 1.99. The molecule has 2 rings (SSSR count). The van der Waals surface area contributed by atoms with Crippen LogP contribution >= 0.6 is 0 Å². The summed E-state index contributed by atoms with van der Waals surface area (Å²) in [5, 5.41) is 10.4. The number of aliphatic hydroxyl groups is 1. The zero-order chi connectivity index (χ0) is 9.47. The molecule has 2 aliphatic carbocycles. The van der Waals surface area contributed by atoms with Gasteiger partial charge in [-0.3, -0.25) is 4.79 Å². The molecule has 0 saturated heterocycles. The van der Waals surface area contributed by atoms with Gasteiger partial charge in [-0.2, -0.15) is 0 Å². The monoisotopic (exact) mass is 182 g/mol. The van der Waals surface area contributed by atoms with Gasteiger partial charge in [0.05, 0.1) is 5.60 Å². The summed E-state index contributed by atoms with van der Waals surface area (Å²) in [6.07, 6.45) is 5.50. The largest absolute Gasteiger partial charge is 0.389 e. The van der Waals surface area contributed by atoms with Crippen LogP contribution in [0.2, 0.25) is 0 Å². The van der Waals surface area contributed by atoms with Crippen molar-refractivity contribution in [3.05, 3.63) is 0 Å². The van der Waals surface area contributed by atoms with Crippen molar-refractivity contribution in [2.45, 2.75) is 51.0 Å². The van der Waals surface area contributed by atoms with E-state index in [0.29, 0.717) is 24.7 Å². The molecule has 0 unspecified atom stereocenters. The standard InChI is InChI=1S/C11H18O2/c1-2-10(12)7-11(13,8-3-4-8)9-5-6-9/h8-9,13H,2-7H2,1H3. The average Bonchev–Trinajstić information content (AvgIpc) is 2.89. The molecule has 2 fully saturated rings. The topological polar surface area (TPSA) is 37.3 Å². The first kappa shape index (κ1) is 9.20. The second kappa shape index (κ2) is 3.09. The summed E-state index contributed by atoms with van der Waals surface area (Å²) in [6.45, 7) is 1.88. The van der Waals surface area contributed by atoms with Crippen LogP contribution in [0.1, 0.15) is 45.4 Å². The minimum atomic E-state index is -0.604. The molecule has 0 spiro atoms. The van der Waals surface area contributed by atoms with Gasteiger partial charge in [0, 0.05) is 12.8 Å². The van der Waals surface area contributed by atoms with Crippen molar-refractivity contribution in [1.82, 2.24) is 0 Å². The summed E-state index contributed by atoms with van der Waals surface area (Å²) >= 11 is 0. The Morgan fingerprint density at radius 1 is 1.31 bits per heavy atom. The number of hydrogen-bond donors (Lipinski definition) is 1. The lowest BCUT2D eigenvalue weighted by Gasteiger charge is -2.27. The van der Waals surface area contributed by atoms with Crippen molar-refractivity contribution < 1.29 is 9.90 Å². The van der Waals surface area contributed by atoms with Gasteiger partial charge in [-0.05, 0) is 37.5 Å². The van der Waals surface area contributed by atoms with Gasteiger partial charge < -0.3 is 5.11 Å². The molecule has 74 valence electrons. The van der Waals surface area contributed by atoms with E-state index in [1.165, 1.54) is 0 Å². The van der Waals surface area contributed by atoms with E-state index < -0.39 is 5.60 Å². The Hall–Kier alpha value is -0.370. The normalized spacial score (nSPS) is 23.2. The van der Waals surface area contributed by atoms with E-state index in [1.807, 2.05) is 6.92 Å². The Morgan fingerprint density at radius 3 is 2.08 bits per heavy atom. The Kier molecular flexibility index (Phi) is 2.18. The molecule has 0 atom stereocenters. The Bertz CT molecular complexity index is 202. The van der Waals surface area contributed by atoms with Crippen molar-refractivity contribution in [1.29, 1.82) is 0 Å². The predicted octanol–water partition coefficient (Wildman–Crippen LogP) is 1.91.